The topological polar surface area (TPSA) is 117 Å². The van der Waals surface area contributed by atoms with Crippen LogP contribution in [0.3, 0.4) is 0 Å². The molecule has 2 atom stereocenters. The molecule has 0 fully saturated rings. The molecule has 0 saturated carbocycles. The van der Waals surface area contributed by atoms with Gasteiger partial charge in [-0.2, -0.15) is 5.10 Å². The molecule has 9 heteroatoms. The standard InChI is InChI=1S/C14H15N3O6/c1-16-11(10(8-15-16)17(20)21)12(18)13(14(19)22-2)23-9-6-4-3-5-7-9/h3-8,12-13,18H,1-2H3. The largest absolute Gasteiger partial charge is 0.476 e. The van der Waals surface area contributed by atoms with Crippen LogP contribution in [0.15, 0.2) is 36.5 Å². The van der Waals surface area contributed by atoms with E-state index in [1.54, 1.807) is 30.3 Å². The molecule has 2 aromatic rings. The summed E-state index contributed by atoms with van der Waals surface area (Å²) in [6, 6.07) is 8.29. The number of aliphatic hydroxyl groups is 1. The van der Waals surface area contributed by atoms with Crippen molar-refractivity contribution < 1.29 is 24.3 Å². The zero-order valence-electron chi connectivity index (χ0n) is 12.4. The van der Waals surface area contributed by atoms with Crippen LogP contribution in [0.2, 0.25) is 0 Å². The lowest BCUT2D eigenvalue weighted by Gasteiger charge is -2.21. The third-order valence-electron chi connectivity index (χ3n) is 3.17. The van der Waals surface area contributed by atoms with E-state index in [0.717, 1.165) is 18.0 Å². The van der Waals surface area contributed by atoms with Crippen LogP contribution >= 0.6 is 0 Å². The minimum atomic E-state index is -1.63. The first kappa shape index (κ1) is 16.4. The molecule has 9 nitrogen and oxygen atoms in total. The summed E-state index contributed by atoms with van der Waals surface area (Å²) in [5, 5.41) is 25.2. The van der Waals surface area contributed by atoms with E-state index in [2.05, 4.69) is 9.84 Å². The van der Waals surface area contributed by atoms with Crippen molar-refractivity contribution in [2.24, 2.45) is 7.05 Å². The molecule has 0 aliphatic rings. The van der Waals surface area contributed by atoms with Gasteiger partial charge in [-0.3, -0.25) is 14.8 Å². The minimum absolute atomic E-state index is 0.152. The first-order valence-electron chi connectivity index (χ1n) is 6.59. The Hall–Kier alpha value is -2.94. The van der Waals surface area contributed by atoms with Gasteiger partial charge in [-0.15, -0.1) is 0 Å². The third kappa shape index (κ3) is 3.46. The van der Waals surface area contributed by atoms with Crippen LogP contribution in [0.1, 0.15) is 11.8 Å². The second-order valence-electron chi connectivity index (χ2n) is 4.62. The van der Waals surface area contributed by atoms with Gasteiger partial charge in [0.2, 0.25) is 6.10 Å². The first-order chi connectivity index (χ1) is 11.0. The average molecular weight is 321 g/mol. The van der Waals surface area contributed by atoms with Gasteiger partial charge in [-0.1, -0.05) is 18.2 Å². The molecule has 2 unspecified atom stereocenters. The number of hydrogen-bond donors (Lipinski definition) is 1. The van der Waals surface area contributed by atoms with Gasteiger partial charge < -0.3 is 14.6 Å². The molecule has 0 radical (unpaired) electrons. The number of ether oxygens (including phenoxy) is 2. The Morgan fingerprint density at radius 1 is 1.39 bits per heavy atom. The molecule has 0 bridgehead atoms. The zero-order chi connectivity index (χ0) is 17.0. The summed E-state index contributed by atoms with van der Waals surface area (Å²) in [6.45, 7) is 0. The predicted octanol–water partition coefficient (Wildman–Crippen LogP) is 0.982. The number of benzene rings is 1. The Kier molecular flexibility index (Phi) is 4.91. The first-order valence-corrected chi connectivity index (χ1v) is 6.59. The Labute approximate surface area is 131 Å². The van der Waals surface area contributed by atoms with Gasteiger partial charge >= 0.3 is 11.7 Å². The summed E-state index contributed by atoms with van der Waals surface area (Å²) in [6.07, 6.45) is -2.11. The Balaban J connectivity index is 2.38. The fourth-order valence-electron chi connectivity index (χ4n) is 2.07. The SMILES string of the molecule is COC(=O)C(Oc1ccccc1)C(O)c1c([N+](=O)[O-])cnn1C. The summed E-state index contributed by atoms with van der Waals surface area (Å²) < 4.78 is 11.2. The van der Waals surface area contributed by atoms with Crippen LogP contribution < -0.4 is 4.74 Å². The molecular weight excluding hydrogens is 306 g/mol. The third-order valence-corrected chi connectivity index (χ3v) is 3.17. The lowest BCUT2D eigenvalue weighted by atomic mass is 10.1. The number of esters is 1. The predicted molar refractivity (Wildman–Crippen MR) is 77.7 cm³/mol. The van der Waals surface area contributed by atoms with E-state index in [1.165, 1.54) is 7.05 Å². The number of methoxy groups -OCH3 is 1. The molecule has 0 amide bonds. The number of aryl methyl sites for hydroxylation is 1. The molecule has 0 aliphatic carbocycles. The summed E-state index contributed by atoms with van der Waals surface area (Å²) in [7, 11) is 2.55. The number of para-hydroxylation sites is 1. The maximum absolute atomic E-state index is 11.9. The number of aliphatic hydroxyl groups excluding tert-OH is 1. The van der Waals surface area contributed by atoms with Gasteiger partial charge in [-0.25, -0.2) is 4.79 Å². The van der Waals surface area contributed by atoms with E-state index in [0.29, 0.717) is 5.75 Å². The van der Waals surface area contributed by atoms with Crippen molar-refractivity contribution in [2.45, 2.75) is 12.2 Å². The Morgan fingerprint density at radius 3 is 2.61 bits per heavy atom. The van der Waals surface area contributed by atoms with E-state index >= 15 is 0 Å². The molecule has 1 heterocycles. The van der Waals surface area contributed by atoms with Crippen LogP contribution in [0.4, 0.5) is 5.69 Å². The number of carbonyl (C=O) groups excluding carboxylic acids is 1. The van der Waals surface area contributed by atoms with Crippen molar-refractivity contribution in [1.29, 1.82) is 0 Å². The molecule has 0 spiro atoms. The highest BCUT2D eigenvalue weighted by molar-refractivity contribution is 5.76. The van der Waals surface area contributed by atoms with Crippen molar-refractivity contribution in [3.63, 3.8) is 0 Å². The smallest absolute Gasteiger partial charge is 0.350 e. The second-order valence-corrected chi connectivity index (χ2v) is 4.62. The minimum Gasteiger partial charge on any atom is -0.476 e. The van der Waals surface area contributed by atoms with E-state index in [4.69, 9.17) is 4.74 Å². The van der Waals surface area contributed by atoms with Gasteiger partial charge in [0, 0.05) is 7.05 Å². The van der Waals surface area contributed by atoms with E-state index in [-0.39, 0.29) is 5.69 Å². The van der Waals surface area contributed by atoms with Crippen LogP contribution in [-0.4, -0.2) is 39.0 Å². The van der Waals surface area contributed by atoms with Crippen LogP contribution in [0.25, 0.3) is 0 Å². The summed E-state index contributed by atoms with van der Waals surface area (Å²) >= 11 is 0. The van der Waals surface area contributed by atoms with Gasteiger partial charge in [0.05, 0.1) is 12.0 Å². The molecule has 23 heavy (non-hydrogen) atoms. The van der Waals surface area contributed by atoms with Gasteiger partial charge in [0.1, 0.15) is 17.6 Å². The van der Waals surface area contributed by atoms with Crippen molar-refractivity contribution in [2.75, 3.05) is 7.11 Å². The summed E-state index contributed by atoms with van der Waals surface area (Å²) in [4.78, 5) is 22.3. The van der Waals surface area contributed by atoms with Crippen LogP contribution in [0, 0.1) is 10.1 Å². The van der Waals surface area contributed by atoms with Crippen molar-refractivity contribution in [3.8, 4) is 5.75 Å². The fraction of sp³-hybridized carbons (Fsp3) is 0.286. The molecule has 1 aromatic heterocycles. The maximum atomic E-state index is 11.9. The summed E-state index contributed by atoms with van der Waals surface area (Å²) in [5.74, 6) is -0.552. The Bertz CT molecular complexity index is 700. The number of rotatable bonds is 6. The number of nitrogens with zero attached hydrogens (tertiary/aromatic N) is 3. The number of aromatic nitrogens is 2. The quantitative estimate of drug-likeness (QED) is 0.479. The van der Waals surface area contributed by atoms with Crippen LogP contribution in [-0.2, 0) is 16.6 Å². The number of nitro groups is 1. The summed E-state index contributed by atoms with van der Waals surface area (Å²) in [5.41, 5.74) is -0.563. The molecule has 122 valence electrons. The second kappa shape index (κ2) is 6.88. The monoisotopic (exact) mass is 321 g/mol. The highest BCUT2D eigenvalue weighted by atomic mass is 16.6. The molecular formula is C14H15N3O6. The van der Waals surface area contributed by atoms with E-state index < -0.39 is 28.8 Å². The van der Waals surface area contributed by atoms with E-state index in [9.17, 15) is 20.0 Å². The van der Waals surface area contributed by atoms with Crippen molar-refractivity contribution in [3.05, 3.63) is 52.3 Å². The highest BCUT2D eigenvalue weighted by Gasteiger charge is 2.38. The van der Waals surface area contributed by atoms with Crippen LogP contribution in [0.5, 0.6) is 5.75 Å². The zero-order valence-corrected chi connectivity index (χ0v) is 12.4. The molecule has 1 N–H and O–H groups in total. The lowest BCUT2D eigenvalue weighted by Crippen LogP contribution is -2.36. The van der Waals surface area contributed by atoms with Gasteiger partial charge in [-0.05, 0) is 12.1 Å². The fourth-order valence-corrected chi connectivity index (χ4v) is 2.07. The maximum Gasteiger partial charge on any atom is 0.350 e. The lowest BCUT2D eigenvalue weighted by molar-refractivity contribution is -0.386. The Morgan fingerprint density at radius 2 is 2.04 bits per heavy atom. The molecule has 0 saturated heterocycles. The number of carbonyl (C=O) groups is 1. The molecule has 1 aromatic carbocycles. The van der Waals surface area contributed by atoms with E-state index in [1.807, 2.05) is 0 Å². The normalized spacial score (nSPS) is 13.2. The van der Waals surface area contributed by atoms with Gasteiger partial charge in [0.15, 0.2) is 6.10 Å². The van der Waals surface area contributed by atoms with Crippen molar-refractivity contribution >= 4 is 11.7 Å². The van der Waals surface area contributed by atoms with Crippen molar-refractivity contribution in [1.82, 2.24) is 9.78 Å². The molecule has 2 rings (SSSR count). The number of hydrogen-bond acceptors (Lipinski definition) is 7. The highest BCUT2D eigenvalue weighted by Crippen LogP contribution is 2.29. The molecule has 0 aliphatic heterocycles. The average Bonchev–Trinajstić information content (AvgIpc) is 2.94. The van der Waals surface area contributed by atoms with Gasteiger partial charge in [0.25, 0.3) is 0 Å².